The van der Waals surface area contributed by atoms with Gasteiger partial charge in [-0.05, 0) is 43.8 Å². The lowest BCUT2D eigenvalue weighted by Crippen LogP contribution is -2.39. The highest BCUT2D eigenvalue weighted by atomic mass is 19.1. The number of nitrogens with one attached hydrogen (secondary N) is 1. The fourth-order valence-electron chi connectivity index (χ4n) is 2.17. The highest BCUT2D eigenvalue weighted by molar-refractivity contribution is 5.94. The molecule has 5 heteroatoms. The van der Waals surface area contributed by atoms with E-state index in [0.717, 1.165) is 38.3 Å². The Hall–Kier alpha value is -1.46. The van der Waals surface area contributed by atoms with Gasteiger partial charge in [-0.15, -0.1) is 0 Å². The summed E-state index contributed by atoms with van der Waals surface area (Å²) in [6.45, 7) is 4.18. The minimum atomic E-state index is -0.289. The number of halogens is 1. The molecule has 0 spiro atoms. The van der Waals surface area contributed by atoms with Crippen molar-refractivity contribution in [3.8, 4) is 0 Å². The summed E-state index contributed by atoms with van der Waals surface area (Å²) in [6.07, 6.45) is 1.06. The Kier molecular flexibility index (Phi) is 4.87. The average molecular weight is 265 g/mol. The summed E-state index contributed by atoms with van der Waals surface area (Å²) in [5.41, 5.74) is 0.722. The number of hydrogen-bond donors (Lipinski definition) is 1. The Morgan fingerprint density at radius 1 is 1.32 bits per heavy atom. The van der Waals surface area contributed by atoms with E-state index in [1.165, 1.54) is 12.1 Å². The molecule has 0 unspecified atom stereocenters. The minimum absolute atomic E-state index is 0.0357. The molecule has 2 rings (SSSR count). The van der Waals surface area contributed by atoms with Crippen LogP contribution < -0.4 is 10.2 Å². The first kappa shape index (κ1) is 14.0. The Morgan fingerprint density at radius 3 is 2.79 bits per heavy atom. The second kappa shape index (κ2) is 6.63. The average Bonchev–Trinajstić information content (AvgIpc) is 2.67. The molecule has 4 nitrogen and oxygen atoms in total. The van der Waals surface area contributed by atoms with E-state index in [1.807, 2.05) is 0 Å². The Morgan fingerprint density at radius 2 is 2.05 bits per heavy atom. The highest BCUT2D eigenvalue weighted by Gasteiger charge is 2.16. The third kappa shape index (κ3) is 4.01. The van der Waals surface area contributed by atoms with Crippen molar-refractivity contribution in [1.29, 1.82) is 0 Å². The molecule has 1 saturated heterocycles. The van der Waals surface area contributed by atoms with Crippen molar-refractivity contribution in [2.45, 2.75) is 6.42 Å². The normalized spacial score (nSPS) is 16.9. The number of anilines is 1. The molecule has 0 atom stereocenters. The first-order valence-electron chi connectivity index (χ1n) is 6.62. The van der Waals surface area contributed by atoms with Crippen LogP contribution in [0.1, 0.15) is 6.42 Å². The van der Waals surface area contributed by atoms with Crippen LogP contribution in [0.4, 0.5) is 10.1 Å². The molecule has 1 aromatic rings. The van der Waals surface area contributed by atoms with Crippen molar-refractivity contribution in [2.24, 2.45) is 0 Å². The van der Waals surface area contributed by atoms with E-state index in [-0.39, 0.29) is 11.7 Å². The van der Waals surface area contributed by atoms with Crippen LogP contribution in [-0.2, 0) is 4.79 Å². The standard InChI is InChI=1S/C14H20FN3O/c1-17(13-5-3-12(15)4-6-13)14(19)11-18-9-2-7-16-8-10-18/h3-6,16H,2,7-11H2,1H3. The zero-order valence-corrected chi connectivity index (χ0v) is 11.2. The smallest absolute Gasteiger partial charge is 0.240 e. The van der Waals surface area contributed by atoms with Gasteiger partial charge in [0.1, 0.15) is 5.82 Å². The van der Waals surface area contributed by atoms with Crippen LogP contribution in [0, 0.1) is 5.82 Å². The summed E-state index contributed by atoms with van der Waals surface area (Å²) in [7, 11) is 1.73. The van der Waals surface area contributed by atoms with Crippen molar-refractivity contribution in [3.05, 3.63) is 30.1 Å². The first-order valence-corrected chi connectivity index (χ1v) is 6.62. The van der Waals surface area contributed by atoms with Crippen molar-refractivity contribution >= 4 is 11.6 Å². The van der Waals surface area contributed by atoms with E-state index in [2.05, 4.69) is 10.2 Å². The number of carbonyl (C=O) groups excluding carboxylic acids is 1. The van der Waals surface area contributed by atoms with E-state index in [4.69, 9.17) is 0 Å². The number of hydrogen-bond acceptors (Lipinski definition) is 3. The predicted molar refractivity (Wildman–Crippen MR) is 73.7 cm³/mol. The third-order valence-corrected chi connectivity index (χ3v) is 3.38. The molecule has 104 valence electrons. The molecule has 0 saturated carbocycles. The van der Waals surface area contributed by atoms with Crippen molar-refractivity contribution in [2.75, 3.05) is 44.7 Å². The third-order valence-electron chi connectivity index (χ3n) is 3.38. The van der Waals surface area contributed by atoms with Gasteiger partial charge in [-0.1, -0.05) is 0 Å². The molecule has 0 bridgehead atoms. The zero-order valence-electron chi connectivity index (χ0n) is 11.2. The molecule has 1 N–H and O–H groups in total. The monoisotopic (exact) mass is 265 g/mol. The summed E-state index contributed by atoms with van der Waals surface area (Å²) in [4.78, 5) is 15.9. The highest BCUT2D eigenvalue weighted by Crippen LogP contribution is 2.13. The molecule has 1 fully saturated rings. The van der Waals surface area contributed by atoms with E-state index < -0.39 is 0 Å². The lowest BCUT2D eigenvalue weighted by atomic mass is 10.3. The van der Waals surface area contributed by atoms with Gasteiger partial charge in [-0.25, -0.2) is 4.39 Å². The Bertz CT molecular complexity index is 413. The molecular formula is C14H20FN3O. The second-order valence-corrected chi connectivity index (χ2v) is 4.81. The van der Waals surface area contributed by atoms with Crippen LogP contribution in [0.2, 0.25) is 0 Å². The molecular weight excluding hydrogens is 245 g/mol. The quantitative estimate of drug-likeness (QED) is 0.888. The Balaban J connectivity index is 1.93. The first-order chi connectivity index (χ1) is 9.16. The summed E-state index contributed by atoms with van der Waals surface area (Å²) in [6, 6.07) is 5.98. The van der Waals surface area contributed by atoms with Crippen LogP contribution >= 0.6 is 0 Å². The number of benzene rings is 1. The molecule has 1 heterocycles. The van der Waals surface area contributed by atoms with Gasteiger partial charge in [-0.3, -0.25) is 9.69 Å². The molecule has 0 aromatic heterocycles. The molecule has 0 aliphatic carbocycles. The fraction of sp³-hybridized carbons (Fsp3) is 0.500. The lowest BCUT2D eigenvalue weighted by Gasteiger charge is -2.23. The van der Waals surface area contributed by atoms with E-state index in [0.29, 0.717) is 6.54 Å². The number of nitrogens with zero attached hydrogens (tertiary/aromatic N) is 2. The minimum Gasteiger partial charge on any atom is -0.315 e. The van der Waals surface area contributed by atoms with Gasteiger partial charge in [0.15, 0.2) is 0 Å². The van der Waals surface area contributed by atoms with Crippen molar-refractivity contribution in [3.63, 3.8) is 0 Å². The van der Waals surface area contributed by atoms with Gasteiger partial charge in [0.25, 0.3) is 0 Å². The molecule has 1 amide bonds. The lowest BCUT2D eigenvalue weighted by molar-refractivity contribution is -0.119. The van der Waals surface area contributed by atoms with Gasteiger partial charge >= 0.3 is 0 Å². The summed E-state index contributed by atoms with van der Waals surface area (Å²) >= 11 is 0. The molecule has 1 aromatic carbocycles. The molecule has 0 radical (unpaired) electrons. The van der Waals surface area contributed by atoms with E-state index in [1.54, 1.807) is 24.1 Å². The van der Waals surface area contributed by atoms with E-state index >= 15 is 0 Å². The van der Waals surface area contributed by atoms with E-state index in [9.17, 15) is 9.18 Å². The van der Waals surface area contributed by atoms with Crippen LogP contribution in [0.25, 0.3) is 0 Å². The number of rotatable bonds is 3. The number of likely N-dealkylation sites (N-methyl/N-ethyl adjacent to an activating group) is 1. The fourth-order valence-corrected chi connectivity index (χ4v) is 2.17. The van der Waals surface area contributed by atoms with Gasteiger partial charge in [0.2, 0.25) is 5.91 Å². The van der Waals surface area contributed by atoms with Crippen LogP contribution in [0.5, 0.6) is 0 Å². The van der Waals surface area contributed by atoms with Crippen molar-refractivity contribution in [1.82, 2.24) is 10.2 Å². The second-order valence-electron chi connectivity index (χ2n) is 4.81. The number of carbonyl (C=O) groups is 1. The van der Waals surface area contributed by atoms with Crippen molar-refractivity contribution < 1.29 is 9.18 Å². The maximum Gasteiger partial charge on any atom is 0.240 e. The summed E-state index contributed by atoms with van der Waals surface area (Å²) < 4.78 is 12.9. The SMILES string of the molecule is CN(C(=O)CN1CCCNCC1)c1ccc(F)cc1. The van der Waals surface area contributed by atoms with Crippen LogP contribution in [0.3, 0.4) is 0 Å². The van der Waals surface area contributed by atoms with Gasteiger partial charge < -0.3 is 10.2 Å². The van der Waals surface area contributed by atoms with Gasteiger partial charge in [0, 0.05) is 25.8 Å². The number of amides is 1. The largest absolute Gasteiger partial charge is 0.315 e. The summed E-state index contributed by atoms with van der Waals surface area (Å²) in [5, 5.41) is 3.31. The predicted octanol–water partition coefficient (Wildman–Crippen LogP) is 1.08. The van der Waals surface area contributed by atoms with Crippen LogP contribution in [-0.4, -0.2) is 50.6 Å². The molecule has 1 aliphatic heterocycles. The molecule has 19 heavy (non-hydrogen) atoms. The summed E-state index contributed by atoms with van der Waals surface area (Å²) in [5.74, 6) is -0.253. The Labute approximate surface area is 113 Å². The molecule has 1 aliphatic rings. The zero-order chi connectivity index (χ0) is 13.7. The van der Waals surface area contributed by atoms with Gasteiger partial charge in [0.05, 0.1) is 6.54 Å². The topological polar surface area (TPSA) is 35.6 Å². The maximum atomic E-state index is 12.9. The maximum absolute atomic E-state index is 12.9. The van der Waals surface area contributed by atoms with Crippen LogP contribution in [0.15, 0.2) is 24.3 Å². The van der Waals surface area contributed by atoms with Gasteiger partial charge in [-0.2, -0.15) is 0 Å².